The molecule has 0 atom stereocenters. The number of benzene rings is 2. The smallest absolute Gasteiger partial charge is 0.508 e. The maximum absolute atomic E-state index is 12.1. The normalized spacial score (nSPS) is 11.3. The van der Waals surface area contributed by atoms with Crippen molar-refractivity contribution in [1.82, 2.24) is 15.0 Å². The largest absolute Gasteiger partial charge is 0.573 e. The number of rotatable bonds is 5. The van der Waals surface area contributed by atoms with Crippen LogP contribution < -0.4 is 9.47 Å². The molecule has 0 amide bonds. The van der Waals surface area contributed by atoms with Crippen LogP contribution in [0.3, 0.4) is 0 Å². The standard InChI is InChI=1S/C16H12F3N3O3/c17-16(18,19)25-15-6-4-14(5-7-15)24-10-11-9-22(21-20-11)12-2-1-3-13(23)8-12/h1-9,23H,10H2. The van der Waals surface area contributed by atoms with Crippen LogP contribution in [0.5, 0.6) is 17.2 Å². The van der Waals surface area contributed by atoms with Crippen molar-refractivity contribution < 1.29 is 27.8 Å². The first-order chi connectivity index (χ1) is 11.9. The van der Waals surface area contributed by atoms with Crippen LogP contribution >= 0.6 is 0 Å². The van der Waals surface area contributed by atoms with E-state index < -0.39 is 6.36 Å². The van der Waals surface area contributed by atoms with Gasteiger partial charge in [-0.3, -0.25) is 0 Å². The van der Waals surface area contributed by atoms with E-state index in [2.05, 4.69) is 15.0 Å². The summed E-state index contributed by atoms with van der Waals surface area (Å²) in [6.07, 6.45) is -3.11. The molecule has 0 unspecified atom stereocenters. The van der Waals surface area contributed by atoms with Crippen molar-refractivity contribution in [3.05, 3.63) is 60.4 Å². The lowest BCUT2D eigenvalue weighted by molar-refractivity contribution is -0.274. The van der Waals surface area contributed by atoms with E-state index in [4.69, 9.17) is 4.74 Å². The molecule has 2 aromatic carbocycles. The third-order valence-electron chi connectivity index (χ3n) is 3.08. The zero-order valence-corrected chi connectivity index (χ0v) is 12.6. The lowest BCUT2D eigenvalue weighted by Gasteiger charge is -2.09. The van der Waals surface area contributed by atoms with Crippen LogP contribution in [-0.4, -0.2) is 26.5 Å². The van der Waals surface area contributed by atoms with Crippen LogP contribution in [0, 0.1) is 0 Å². The fourth-order valence-corrected chi connectivity index (χ4v) is 2.02. The SMILES string of the molecule is Oc1cccc(-n2cc(COc3ccc(OC(F)(F)F)cc3)nn2)c1. The van der Waals surface area contributed by atoms with Crippen molar-refractivity contribution in [3.63, 3.8) is 0 Å². The minimum Gasteiger partial charge on any atom is -0.508 e. The minimum atomic E-state index is -4.73. The molecule has 25 heavy (non-hydrogen) atoms. The first-order valence-corrected chi connectivity index (χ1v) is 7.08. The van der Waals surface area contributed by atoms with Crippen LogP contribution in [0.2, 0.25) is 0 Å². The van der Waals surface area contributed by atoms with Gasteiger partial charge in [-0.1, -0.05) is 11.3 Å². The summed E-state index contributed by atoms with van der Waals surface area (Å²) in [7, 11) is 0. The molecule has 0 radical (unpaired) electrons. The summed E-state index contributed by atoms with van der Waals surface area (Å²) in [6, 6.07) is 11.5. The Balaban J connectivity index is 1.61. The molecule has 0 fully saturated rings. The van der Waals surface area contributed by atoms with Crippen LogP contribution in [0.1, 0.15) is 5.69 Å². The van der Waals surface area contributed by atoms with E-state index in [0.29, 0.717) is 17.1 Å². The maximum Gasteiger partial charge on any atom is 0.573 e. The highest BCUT2D eigenvalue weighted by molar-refractivity contribution is 5.37. The minimum absolute atomic E-state index is 0.0816. The molecule has 0 aliphatic carbocycles. The zero-order valence-electron chi connectivity index (χ0n) is 12.6. The van der Waals surface area contributed by atoms with Crippen LogP contribution in [0.15, 0.2) is 54.7 Å². The second-order valence-corrected chi connectivity index (χ2v) is 4.98. The van der Waals surface area contributed by atoms with Gasteiger partial charge in [-0.2, -0.15) is 0 Å². The van der Waals surface area contributed by atoms with Crippen molar-refractivity contribution in [3.8, 4) is 22.9 Å². The van der Waals surface area contributed by atoms with Crippen molar-refractivity contribution in [1.29, 1.82) is 0 Å². The molecule has 0 bridgehead atoms. The fourth-order valence-electron chi connectivity index (χ4n) is 2.02. The van der Waals surface area contributed by atoms with Gasteiger partial charge >= 0.3 is 6.36 Å². The quantitative estimate of drug-likeness (QED) is 0.762. The van der Waals surface area contributed by atoms with E-state index in [1.807, 2.05) is 0 Å². The van der Waals surface area contributed by atoms with Gasteiger partial charge < -0.3 is 14.6 Å². The van der Waals surface area contributed by atoms with Gasteiger partial charge in [0.15, 0.2) is 0 Å². The molecule has 1 aromatic heterocycles. The molecule has 0 spiro atoms. The van der Waals surface area contributed by atoms with Crippen molar-refractivity contribution in [2.45, 2.75) is 13.0 Å². The van der Waals surface area contributed by atoms with Crippen LogP contribution in [-0.2, 0) is 6.61 Å². The number of halogens is 3. The molecular weight excluding hydrogens is 339 g/mol. The highest BCUT2D eigenvalue weighted by Crippen LogP contribution is 2.25. The Labute approximate surface area is 140 Å². The third-order valence-corrected chi connectivity index (χ3v) is 3.08. The van der Waals surface area contributed by atoms with Gasteiger partial charge in [-0.05, 0) is 36.4 Å². The van der Waals surface area contributed by atoms with Gasteiger partial charge in [0.2, 0.25) is 0 Å². The first kappa shape index (κ1) is 16.6. The van der Waals surface area contributed by atoms with Crippen molar-refractivity contribution in [2.75, 3.05) is 0 Å². The molecular formula is C16H12F3N3O3. The van der Waals surface area contributed by atoms with E-state index in [9.17, 15) is 18.3 Å². The molecule has 3 aromatic rings. The number of aromatic hydroxyl groups is 1. The van der Waals surface area contributed by atoms with Gasteiger partial charge in [0.05, 0.1) is 11.9 Å². The van der Waals surface area contributed by atoms with Gasteiger partial charge in [0.1, 0.15) is 29.5 Å². The molecule has 1 heterocycles. The molecule has 1 N–H and O–H groups in total. The number of hydrogen-bond donors (Lipinski definition) is 1. The van der Waals surface area contributed by atoms with E-state index in [1.165, 1.54) is 28.9 Å². The molecule has 0 aliphatic rings. The summed E-state index contributed by atoms with van der Waals surface area (Å²) >= 11 is 0. The summed E-state index contributed by atoms with van der Waals surface area (Å²) in [5.74, 6) is 0.142. The second-order valence-electron chi connectivity index (χ2n) is 4.98. The zero-order chi connectivity index (χ0) is 17.9. The van der Waals surface area contributed by atoms with E-state index >= 15 is 0 Å². The third kappa shape index (κ3) is 4.63. The van der Waals surface area contributed by atoms with E-state index in [-0.39, 0.29) is 18.1 Å². The maximum atomic E-state index is 12.1. The summed E-state index contributed by atoms with van der Waals surface area (Å²) in [5, 5.41) is 17.3. The number of ether oxygens (including phenoxy) is 2. The van der Waals surface area contributed by atoms with Crippen LogP contribution in [0.25, 0.3) is 5.69 Å². The number of phenols is 1. The molecule has 3 rings (SSSR count). The summed E-state index contributed by atoms with van der Waals surface area (Å²) in [5.41, 5.74) is 1.14. The summed E-state index contributed by atoms with van der Waals surface area (Å²) < 4.78 is 47.0. The Bertz CT molecular complexity index is 848. The Morgan fingerprint density at radius 1 is 1.04 bits per heavy atom. The Morgan fingerprint density at radius 3 is 2.44 bits per heavy atom. The van der Waals surface area contributed by atoms with Gasteiger partial charge in [-0.25, -0.2) is 4.68 Å². The number of phenolic OH excluding ortho intramolecular Hbond substituents is 1. The first-order valence-electron chi connectivity index (χ1n) is 7.08. The lowest BCUT2D eigenvalue weighted by Crippen LogP contribution is -2.16. The molecule has 0 saturated heterocycles. The second kappa shape index (κ2) is 6.71. The highest BCUT2D eigenvalue weighted by Gasteiger charge is 2.30. The Kier molecular flexibility index (Phi) is 4.46. The monoisotopic (exact) mass is 351 g/mol. The molecule has 9 heteroatoms. The Hall–Kier alpha value is -3.23. The highest BCUT2D eigenvalue weighted by atomic mass is 19.4. The number of alkyl halides is 3. The Morgan fingerprint density at radius 2 is 1.76 bits per heavy atom. The van der Waals surface area contributed by atoms with E-state index in [1.54, 1.807) is 18.3 Å². The fraction of sp³-hybridized carbons (Fsp3) is 0.125. The summed E-state index contributed by atoms with van der Waals surface area (Å²) in [6.45, 7) is 0.0816. The predicted molar refractivity (Wildman–Crippen MR) is 80.5 cm³/mol. The molecule has 6 nitrogen and oxygen atoms in total. The topological polar surface area (TPSA) is 69.4 Å². The number of nitrogens with zero attached hydrogens (tertiary/aromatic N) is 3. The number of aromatic nitrogens is 3. The summed E-state index contributed by atoms with van der Waals surface area (Å²) in [4.78, 5) is 0. The average molecular weight is 351 g/mol. The molecule has 0 aliphatic heterocycles. The van der Waals surface area contributed by atoms with E-state index in [0.717, 1.165) is 12.1 Å². The molecule has 0 saturated carbocycles. The van der Waals surface area contributed by atoms with Gasteiger partial charge in [0, 0.05) is 6.07 Å². The molecule has 130 valence electrons. The van der Waals surface area contributed by atoms with Gasteiger partial charge in [-0.15, -0.1) is 18.3 Å². The predicted octanol–water partition coefficient (Wildman–Crippen LogP) is 3.45. The van der Waals surface area contributed by atoms with Gasteiger partial charge in [0.25, 0.3) is 0 Å². The van der Waals surface area contributed by atoms with Crippen LogP contribution in [0.4, 0.5) is 13.2 Å². The number of hydrogen-bond acceptors (Lipinski definition) is 5. The average Bonchev–Trinajstić information content (AvgIpc) is 3.02. The van der Waals surface area contributed by atoms with Crippen molar-refractivity contribution in [2.24, 2.45) is 0 Å². The van der Waals surface area contributed by atoms with Crippen molar-refractivity contribution >= 4 is 0 Å². The lowest BCUT2D eigenvalue weighted by atomic mass is 10.3.